The molecule has 0 aliphatic heterocycles. The van der Waals surface area contributed by atoms with Gasteiger partial charge in [0.25, 0.3) is 5.56 Å². The standard InChI is InChI=1S/C18H19BrN4O2/c1-4-22-16-15(17(24)23(5-2)18(22)25)21(3)14(20-16)11-8-12-6-9-13(19)10-7-12/h6-11H,4-5H2,1-3H3/b11-8+. The van der Waals surface area contributed by atoms with Gasteiger partial charge in [0.1, 0.15) is 5.82 Å². The van der Waals surface area contributed by atoms with Crippen molar-refractivity contribution in [2.75, 3.05) is 0 Å². The van der Waals surface area contributed by atoms with Crippen LogP contribution in [-0.4, -0.2) is 18.7 Å². The second-order valence-electron chi connectivity index (χ2n) is 5.66. The fraction of sp³-hybridized carbons (Fsp3) is 0.278. The zero-order valence-electron chi connectivity index (χ0n) is 14.4. The Balaban J connectivity index is 2.20. The molecule has 0 spiro atoms. The van der Waals surface area contributed by atoms with E-state index in [-0.39, 0.29) is 11.2 Å². The number of fused-ring (bicyclic) bond motifs is 1. The first-order valence-electron chi connectivity index (χ1n) is 8.11. The molecule has 0 atom stereocenters. The number of nitrogens with zero attached hydrogens (tertiary/aromatic N) is 4. The van der Waals surface area contributed by atoms with Crippen molar-refractivity contribution in [3.05, 3.63) is 61.0 Å². The van der Waals surface area contributed by atoms with E-state index in [1.54, 1.807) is 18.5 Å². The van der Waals surface area contributed by atoms with Gasteiger partial charge in [-0.3, -0.25) is 13.9 Å². The normalized spacial score (nSPS) is 11.7. The van der Waals surface area contributed by atoms with Crippen molar-refractivity contribution in [2.45, 2.75) is 26.9 Å². The highest BCUT2D eigenvalue weighted by Crippen LogP contribution is 2.15. The lowest BCUT2D eigenvalue weighted by Gasteiger charge is -2.08. The second kappa shape index (κ2) is 6.84. The molecule has 0 radical (unpaired) electrons. The highest BCUT2D eigenvalue weighted by atomic mass is 79.9. The van der Waals surface area contributed by atoms with Gasteiger partial charge < -0.3 is 4.57 Å². The van der Waals surface area contributed by atoms with Crippen LogP contribution < -0.4 is 11.2 Å². The summed E-state index contributed by atoms with van der Waals surface area (Å²) in [6, 6.07) is 7.89. The maximum atomic E-state index is 12.7. The van der Waals surface area contributed by atoms with Gasteiger partial charge in [-0.15, -0.1) is 0 Å². The summed E-state index contributed by atoms with van der Waals surface area (Å²) in [4.78, 5) is 29.6. The van der Waals surface area contributed by atoms with Gasteiger partial charge in [-0.25, -0.2) is 9.78 Å². The molecule has 0 unspecified atom stereocenters. The number of halogens is 1. The largest absolute Gasteiger partial charge is 0.332 e. The Morgan fingerprint density at radius 1 is 1.04 bits per heavy atom. The number of aryl methyl sites for hydroxylation is 2. The first kappa shape index (κ1) is 17.4. The van der Waals surface area contributed by atoms with Gasteiger partial charge in [0, 0.05) is 24.6 Å². The topological polar surface area (TPSA) is 61.8 Å². The summed E-state index contributed by atoms with van der Waals surface area (Å²) in [6.45, 7) is 4.46. The molecule has 0 bridgehead atoms. The van der Waals surface area contributed by atoms with Gasteiger partial charge in [-0.1, -0.05) is 34.1 Å². The molecule has 2 heterocycles. The van der Waals surface area contributed by atoms with Crippen LogP contribution in [0.25, 0.3) is 23.3 Å². The maximum absolute atomic E-state index is 12.7. The van der Waals surface area contributed by atoms with Gasteiger partial charge >= 0.3 is 5.69 Å². The van der Waals surface area contributed by atoms with E-state index in [1.165, 1.54) is 9.13 Å². The Hall–Kier alpha value is -2.41. The van der Waals surface area contributed by atoms with Crippen molar-refractivity contribution in [1.29, 1.82) is 0 Å². The van der Waals surface area contributed by atoms with E-state index in [0.29, 0.717) is 30.1 Å². The molecular formula is C18H19BrN4O2. The molecule has 0 fully saturated rings. The predicted octanol–water partition coefficient (Wildman–Crippen LogP) is 2.87. The minimum Gasteiger partial charge on any atom is -0.322 e. The molecule has 0 saturated heterocycles. The monoisotopic (exact) mass is 402 g/mol. The van der Waals surface area contributed by atoms with Crippen LogP contribution in [0, 0.1) is 0 Å². The quantitative estimate of drug-likeness (QED) is 0.673. The minimum absolute atomic E-state index is 0.300. The zero-order valence-corrected chi connectivity index (χ0v) is 15.9. The summed E-state index contributed by atoms with van der Waals surface area (Å²) >= 11 is 3.41. The fourth-order valence-electron chi connectivity index (χ4n) is 2.84. The van der Waals surface area contributed by atoms with Gasteiger partial charge in [-0.05, 0) is 37.6 Å². The Kier molecular flexibility index (Phi) is 4.76. The minimum atomic E-state index is -0.316. The third-order valence-corrected chi connectivity index (χ3v) is 4.73. The van der Waals surface area contributed by atoms with Crippen LogP contribution >= 0.6 is 15.9 Å². The van der Waals surface area contributed by atoms with Crippen LogP contribution in [0.2, 0.25) is 0 Å². The Morgan fingerprint density at radius 2 is 1.68 bits per heavy atom. The molecule has 3 rings (SSSR count). The maximum Gasteiger partial charge on any atom is 0.332 e. The first-order chi connectivity index (χ1) is 12.0. The van der Waals surface area contributed by atoms with Crippen molar-refractivity contribution in [3.8, 4) is 0 Å². The van der Waals surface area contributed by atoms with Crippen molar-refractivity contribution < 1.29 is 0 Å². The SMILES string of the molecule is CCn1c(=O)c2c(nc(/C=C/c3ccc(Br)cc3)n2C)n(CC)c1=O. The van der Waals surface area contributed by atoms with Crippen LogP contribution in [-0.2, 0) is 20.1 Å². The average molecular weight is 403 g/mol. The van der Waals surface area contributed by atoms with E-state index in [4.69, 9.17) is 0 Å². The third-order valence-electron chi connectivity index (χ3n) is 4.20. The zero-order chi connectivity index (χ0) is 18.1. The molecular weight excluding hydrogens is 384 g/mol. The molecule has 0 N–H and O–H groups in total. The van der Waals surface area contributed by atoms with Crippen molar-refractivity contribution in [2.24, 2.45) is 7.05 Å². The van der Waals surface area contributed by atoms with Crippen molar-refractivity contribution >= 4 is 39.2 Å². The predicted molar refractivity (Wildman–Crippen MR) is 104 cm³/mol. The van der Waals surface area contributed by atoms with Crippen LogP contribution in [0.15, 0.2) is 38.3 Å². The van der Waals surface area contributed by atoms with E-state index < -0.39 is 0 Å². The summed E-state index contributed by atoms with van der Waals surface area (Å²) in [5.41, 5.74) is 1.28. The smallest absolute Gasteiger partial charge is 0.322 e. The molecule has 6 nitrogen and oxygen atoms in total. The highest BCUT2D eigenvalue weighted by Gasteiger charge is 2.17. The summed E-state index contributed by atoms with van der Waals surface area (Å²) in [5.74, 6) is 0.630. The highest BCUT2D eigenvalue weighted by molar-refractivity contribution is 9.10. The lowest BCUT2D eigenvalue weighted by Crippen LogP contribution is -2.39. The van der Waals surface area contributed by atoms with Crippen LogP contribution in [0.1, 0.15) is 25.2 Å². The van der Waals surface area contributed by atoms with E-state index >= 15 is 0 Å². The molecule has 0 amide bonds. The first-order valence-corrected chi connectivity index (χ1v) is 8.91. The number of hydrogen-bond donors (Lipinski definition) is 0. The molecule has 7 heteroatoms. The van der Waals surface area contributed by atoms with Crippen molar-refractivity contribution in [1.82, 2.24) is 18.7 Å². The number of aromatic nitrogens is 4. The average Bonchev–Trinajstić information content (AvgIpc) is 2.92. The molecule has 0 aliphatic rings. The number of imidazole rings is 1. The summed E-state index contributed by atoms with van der Waals surface area (Å²) in [5, 5.41) is 0. The number of benzene rings is 1. The van der Waals surface area contributed by atoms with Gasteiger partial charge in [-0.2, -0.15) is 0 Å². The molecule has 0 aliphatic carbocycles. The lowest BCUT2D eigenvalue weighted by atomic mass is 10.2. The van der Waals surface area contributed by atoms with Gasteiger partial charge in [0.05, 0.1) is 0 Å². The molecule has 2 aromatic heterocycles. The molecule has 25 heavy (non-hydrogen) atoms. The third kappa shape index (κ3) is 3.00. The molecule has 1 aromatic carbocycles. The van der Waals surface area contributed by atoms with E-state index in [2.05, 4.69) is 20.9 Å². The van der Waals surface area contributed by atoms with Crippen LogP contribution in [0.5, 0.6) is 0 Å². The summed E-state index contributed by atoms with van der Waals surface area (Å²) in [7, 11) is 1.79. The van der Waals surface area contributed by atoms with Gasteiger partial charge in [0.15, 0.2) is 11.2 Å². The van der Waals surface area contributed by atoms with E-state index in [9.17, 15) is 9.59 Å². The number of hydrogen-bond acceptors (Lipinski definition) is 3. The van der Waals surface area contributed by atoms with Gasteiger partial charge in [0.2, 0.25) is 0 Å². The van der Waals surface area contributed by atoms with Crippen LogP contribution in [0.3, 0.4) is 0 Å². The van der Waals surface area contributed by atoms with Crippen molar-refractivity contribution in [3.63, 3.8) is 0 Å². The number of rotatable bonds is 4. The van der Waals surface area contributed by atoms with Crippen LogP contribution in [0.4, 0.5) is 0 Å². The Labute approximate surface area is 153 Å². The van der Waals surface area contributed by atoms with E-state index in [0.717, 1.165) is 10.0 Å². The Morgan fingerprint density at radius 3 is 2.28 bits per heavy atom. The summed E-state index contributed by atoms with van der Waals surface area (Å²) in [6.07, 6.45) is 3.78. The van der Waals surface area contributed by atoms with E-state index in [1.807, 2.05) is 43.3 Å². The fourth-order valence-corrected chi connectivity index (χ4v) is 3.10. The molecule has 130 valence electrons. The second-order valence-corrected chi connectivity index (χ2v) is 6.58. The Bertz CT molecular complexity index is 1070. The lowest BCUT2D eigenvalue weighted by molar-refractivity contribution is 0.604. The summed E-state index contributed by atoms with van der Waals surface area (Å²) < 4.78 is 5.54. The molecule has 3 aromatic rings. The molecule has 0 saturated carbocycles.